The van der Waals surface area contributed by atoms with Crippen LogP contribution in [0.2, 0.25) is 0 Å². The van der Waals surface area contributed by atoms with E-state index in [4.69, 9.17) is 10.5 Å². The lowest BCUT2D eigenvalue weighted by atomic mass is 10.0. The molecule has 0 fully saturated rings. The molecule has 18 heavy (non-hydrogen) atoms. The lowest BCUT2D eigenvalue weighted by Gasteiger charge is -2.14. The van der Waals surface area contributed by atoms with Gasteiger partial charge >= 0.3 is 0 Å². The van der Waals surface area contributed by atoms with Crippen molar-refractivity contribution >= 4 is 11.8 Å². The first-order chi connectivity index (χ1) is 8.61. The Morgan fingerprint density at radius 1 is 1.39 bits per heavy atom. The van der Waals surface area contributed by atoms with Crippen molar-refractivity contribution in [3.05, 3.63) is 41.5 Å². The summed E-state index contributed by atoms with van der Waals surface area (Å²) in [5, 5.41) is 9.99. The Morgan fingerprint density at radius 2 is 2.17 bits per heavy atom. The molecule has 0 spiro atoms. The molecule has 2 rings (SSSR count). The molecule has 0 saturated carbocycles. The topological polar surface area (TPSA) is 67.8 Å². The van der Waals surface area contributed by atoms with Gasteiger partial charge in [-0.05, 0) is 30.7 Å². The first-order valence-corrected chi connectivity index (χ1v) is 5.67. The van der Waals surface area contributed by atoms with Crippen molar-refractivity contribution in [3.63, 3.8) is 0 Å². The van der Waals surface area contributed by atoms with Crippen LogP contribution >= 0.6 is 0 Å². The number of benzene rings is 1. The zero-order valence-electron chi connectivity index (χ0n) is 10.4. The van der Waals surface area contributed by atoms with Crippen LogP contribution < -0.4 is 10.5 Å². The number of para-hydroxylation sites is 1. The SMILES string of the molecule is COc1cccc(C=C2C=CC(C)=NC2N)c1O. The molecule has 1 heterocycles. The van der Waals surface area contributed by atoms with Crippen LogP contribution in [0.4, 0.5) is 0 Å². The number of rotatable bonds is 2. The number of nitrogens with zero attached hydrogens (tertiary/aromatic N) is 1. The van der Waals surface area contributed by atoms with Crippen LogP contribution in [-0.4, -0.2) is 24.1 Å². The fourth-order valence-corrected chi connectivity index (χ4v) is 1.79. The molecule has 0 aromatic heterocycles. The average Bonchev–Trinajstić information content (AvgIpc) is 2.35. The Morgan fingerprint density at radius 3 is 2.83 bits per heavy atom. The maximum absolute atomic E-state index is 9.99. The minimum absolute atomic E-state index is 0.111. The Balaban J connectivity index is 2.37. The standard InChI is InChI=1S/C14H16N2O2/c1-9-6-7-11(14(15)16-9)8-10-4-3-5-12(18-2)13(10)17/h3-8,14,17H,15H2,1-2H3. The van der Waals surface area contributed by atoms with E-state index in [1.165, 1.54) is 7.11 Å². The third kappa shape index (κ3) is 2.43. The van der Waals surface area contributed by atoms with Gasteiger partial charge in [-0.25, -0.2) is 0 Å². The summed E-state index contributed by atoms with van der Waals surface area (Å²) in [7, 11) is 1.52. The van der Waals surface area contributed by atoms with Crippen molar-refractivity contribution < 1.29 is 9.84 Å². The van der Waals surface area contributed by atoms with Gasteiger partial charge in [0.1, 0.15) is 6.17 Å². The second kappa shape index (κ2) is 5.06. The maximum Gasteiger partial charge on any atom is 0.165 e. The van der Waals surface area contributed by atoms with E-state index >= 15 is 0 Å². The van der Waals surface area contributed by atoms with E-state index in [1.807, 2.05) is 31.2 Å². The van der Waals surface area contributed by atoms with Crippen molar-refractivity contribution in [1.29, 1.82) is 0 Å². The van der Waals surface area contributed by atoms with Gasteiger partial charge in [0, 0.05) is 11.3 Å². The lowest BCUT2D eigenvalue weighted by molar-refractivity contribution is 0.373. The molecule has 0 radical (unpaired) electrons. The van der Waals surface area contributed by atoms with Gasteiger partial charge in [-0.15, -0.1) is 0 Å². The van der Waals surface area contributed by atoms with Gasteiger partial charge in [0.25, 0.3) is 0 Å². The highest BCUT2D eigenvalue weighted by Crippen LogP contribution is 2.31. The van der Waals surface area contributed by atoms with Gasteiger partial charge in [0.15, 0.2) is 11.5 Å². The number of phenols is 1. The van der Waals surface area contributed by atoms with Crippen LogP contribution in [0.1, 0.15) is 12.5 Å². The number of methoxy groups -OCH3 is 1. The summed E-state index contributed by atoms with van der Waals surface area (Å²) in [6, 6.07) is 5.32. The molecule has 4 heteroatoms. The molecule has 94 valence electrons. The number of hydrogen-bond donors (Lipinski definition) is 2. The molecule has 1 atom stereocenters. The third-order valence-corrected chi connectivity index (χ3v) is 2.77. The van der Waals surface area contributed by atoms with E-state index in [0.717, 1.165) is 11.3 Å². The number of aliphatic imine (C=N–C) groups is 1. The molecule has 0 bridgehead atoms. The van der Waals surface area contributed by atoms with Crippen LogP contribution in [-0.2, 0) is 0 Å². The van der Waals surface area contributed by atoms with Gasteiger partial charge in [-0.3, -0.25) is 4.99 Å². The van der Waals surface area contributed by atoms with Crippen LogP contribution in [0.5, 0.6) is 11.5 Å². The highest BCUT2D eigenvalue weighted by atomic mass is 16.5. The van der Waals surface area contributed by atoms with Gasteiger partial charge in [-0.2, -0.15) is 0 Å². The number of nitrogens with two attached hydrogens (primary N) is 1. The smallest absolute Gasteiger partial charge is 0.165 e. The molecule has 0 amide bonds. The molecule has 3 N–H and O–H groups in total. The molecular weight excluding hydrogens is 228 g/mol. The number of hydrogen-bond acceptors (Lipinski definition) is 4. The lowest BCUT2D eigenvalue weighted by Crippen LogP contribution is -2.22. The highest BCUT2D eigenvalue weighted by molar-refractivity contribution is 5.95. The Labute approximate surface area is 106 Å². The van der Waals surface area contributed by atoms with Crippen molar-refractivity contribution in [1.82, 2.24) is 0 Å². The molecule has 1 aromatic carbocycles. The number of allylic oxidation sites excluding steroid dienone is 1. The second-order valence-electron chi connectivity index (χ2n) is 4.09. The summed E-state index contributed by atoms with van der Waals surface area (Å²) in [4.78, 5) is 4.26. The van der Waals surface area contributed by atoms with Crippen LogP contribution in [0.3, 0.4) is 0 Å². The Hall–Kier alpha value is -2.07. The number of aromatic hydroxyl groups is 1. The van der Waals surface area contributed by atoms with Crippen molar-refractivity contribution in [3.8, 4) is 11.5 Å². The van der Waals surface area contributed by atoms with E-state index in [0.29, 0.717) is 11.3 Å². The molecular formula is C14H16N2O2. The summed E-state index contributed by atoms with van der Waals surface area (Å²) >= 11 is 0. The quantitative estimate of drug-likeness (QED) is 0.837. The van der Waals surface area contributed by atoms with Crippen molar-refractivity contribution in [2.24, 2.45) is 10.7 Å². The molecule has 1 unspecified atom stereocenters. The zero-order chi connectivity index (χ0) is 13.1. The van der Waals surface area contributed by atoms with Gasteiger partial charge in [0.05, 0.1) is 7.11 Å². The first-order valence-electron chi connectivity index (χ1n) is 5.67. The third-order valence-electron chi connectivity index (χ3n) is 2.77. The number of dihydropyridines is 1. The molecule has 0 aliphatic carbocycles. The normalized spacial score (nSPS) is 20.9. The molecule has 1 aliphatic rings. The van der Waals surface area contributed by atoms with Crippen LogP contribution in [0, 0.1) is 0 Å². The van der Waals surface area contributed by atoms with Gasteiger partial charge in [0.2, 0.25) is 0 Å². The predicted octanol–water partition coefficient (Wildman–Crippen LogP) is 2.10. The van der Waals surface area contributed by atoms with E-state index in [1.54, 1.807) is 12.1 Å². The highest BCUT2D eigenvalue weighted by Gasteiger charge is 2.11. The Kier molecular flexibility index (Phi) is 3.48. The minimum Gasteiger partial charge on any atom is -0.504 e. The van der Waals surface area contributed by atoms with E-state index in [-0.39, 0.29) is 11.9 Å². The van der Waals surface area contributed by atoms with E-state index in [2.05, 4.69) is 4.99 Å². The fraction of sp³-hybridized carbons (Fsp3) is 0.214. The van der Waals surface area contributed by atoms with Gasteiger partial charge < -0.3 is 15.6 Å². The predicted molar refractivity (Wildman–Crippen MR) is 72.9 cm³/mol. The summed E-state index contributed by atoms with van der Waals surface area (Å²) in [5.74, 6) is 0.553. The Bertz CT molecular complexity index is 545. The maximum atomic E-state index is 9.99. The van der Waals surface area contributed by atoms with Crippen molar-refractivity contribution in [2.45, 2.75) is 13.1 Å². The molecule has 4 nitrogen and oxygen atoms in total. The largest absolute Gasteiger partial charge is 0.504 e. The molecule has 1 aromatic rings. The molecule has 0 saturated heterocycles. The summed E-state index contributed by atoms with van der Waals surface area (Å²) in [6.07, 6.45) is 5.23. The van der Waals surface area contributed by atoms with E-state index in [9.17, 15) is 5.11 Å². The second-order valence-corrected chi connectivity index (χ2v) is 4.09. The monoisotopic (exact) mass is 244 g/mol. The van der Waals surface area contributed by atoms with Crippen LogP contribution in [0.15, 0.2) is 40.9 Å². The molecule has 1 aliphatic heterocycles. The summed E-state index contributed by atoms with van der Waals surface area (Å²) in [6.45, 7) is 1.90. The summed E-state index contributed by atoms with van der Waals surface area (Å²) in [5.41, 5.74) is 8.33. The van der Waals surface area contributed by atoms with Crippen molar-refractivity contribution in [2.75, 3.05) is 7.11 Å². The van der Waals surface area contributed by atoms with Gasteiger partial charge in [-0.1, -0.05) is 18.2 Å². The van der Waals surface area contributed by atoms with E-state index < -0.39 is 0 Å². The summed E-state index contributed by atoms with van der Waals surface area (Å²) < 4.78 is 5.06. The first kappa shape index (κ1) is 12.4. The minimum atomic E-state index is -0.388. The average molecular weight is 244 g/mol. The zero-order valence-corrected chi connectivity index (χ0v) is 10.4. The number of ether oxygens (including phenoxy) is 1. The van der Waals surface area contributed by atoms with Crippen LogP contribution in [0.25, 0.3) is 6.08 Å². The number of phenolic OH excluding ortho intramolecular Hbond substituents is 1. The fourth-order valence-electron chi connectivity index (χ4n) is 1.79.